The van der Waals surface area contributed by atoms with Crippen molar-refractivity contribution in [1.29, 1.82) is 0 Å². The van der Waals surface area contributed by atoms with Gasteiger partial charge in [0, 0.05) is 28.7 Å². The van der Waals surface area contributed by atoms with E-state index in [1.807, 2.05) is 0 Å². The minimum atomic E-state index is -4.22. The molecule has 0 unspecified atom stereocenters. The van der Waals surface area contributed by atoms with Gasteiger partial charge in [-0.25, -0.2) is 8.42 Å². The first-order chi connectivity index (χ1) is 21.1. The average molecular weight is 661 g/mol. The van der Waals surface area contributed by atoms with Crippen LogP contribution in [0.2, 0.25) is 10.0 Å². The van der Waals surface area contributed by atoms with Gasteiger partial charge in [-0.05, 0) is 61.7 Å². The molecule has 2 aliphatic rings. The Bertz CT molecular complexity index is 1600. The van der Waals surface area contributed by atoms with E-state index in [9.17, 15) is 18.0 Å². The summed E-state index contributed by atoms with van der Waals surface area (Å²) in [6.07, 6.45) is 4.95. The van der Waals surface area contributed by atoms with Crippen molar-refractivity contribution in [3.05, 3.63) is 82.3 Å². The quantitative estimate of drug-likeness (QED) is 0.294. The molecule has 0 aromatic heterocycles. The van der Waals surface area contributed by atoms with Gasteiger partial charge < -0.3 is 19.7 Å². The maximum Gasteiger partial charge on any atom is 0.264 e. The molecule has 9 nitrogen and oxygen atoms in total. The van der Waals surface area contributed by atoms with Crippen LogP contribution in [0, 0.1) is 0 Å². The van der Waals surface area contributed by atoms with Crippen molar-refractivity contribution in [3.8, 4) is 11.5 Å². The summed E-state index contributed by atoms with van der Waals surface area (Å²) >= 11 is 12.6. The van der Waals surface area contributed by atoms with Gasteiger partial charge in [0.2, 0.25) is 11.8 Å². The van der Waals surface area contributed by atoms with Crippen molar-refractivity contribution in [1.82, 2.24) is 10.2 Å². The molecule has 1 aliphatic heterocycles. The number of nitrogens with one attached hydrogen (secondary N) is 1. The van der Waals surface area contributed by atoms with E-state index in [4.69, 9.17) is 32.7 Å². The zero-order chi connectivity index (χ0) is 31.3. The van der Waals surface area contributed by atoms with Gasteiger partial charge in [0.25, 0.3) is 10.0 Å². The van der Waals surface area contributed by atoms with E-state index in [-0.39, 0.29) is 29.1 Å². The van der Waals surface area contributed by atoms with E-state index in [0.29, 0.717) is 40.3 Å². The number of sulfonamides is 1. The van der Waals surface area contributed by atoms with Gasteiger partial charge >= 0.3 is 0 Å². The van der Waals surface area contributed by atoms with Crippen LogP contribution in [0.1, 0.15) is 44.6 Å². The normalized spacial score (nSPS) is 15.7. The van der Waals surface area contributed by atoms with Crippen molar-refractivity contribution in [2.24, 2.45) is 0 Å². The Morgan fingerprint density at radius 2 is 1.64 bits per heavy atom. The van der Waals surface area contributed by atoms with E-state index in [0.717, 1.165) is 36.4 Å². The lowest BCUT2D eigenvalue weighted by molar-refractivity contribution is -0.139. The summed E-state index contributed by atoms with van der Waals surface area (Å²) in [7, 11) is -4.22. The summed E-state index contributed by atoms with van der Waals surface area (Å²) in [4.78, 5) is 29.1. The summed E-state index contributed by atoms with van der Waals surface area (Å²) in [6.45, 7) is 1.71. The Morgan fingerprint density at radius 3 is 2.34 bits per heavy atom. The lowest BCUT2D eigenvalue weighted by atomic mass is 9.95. The van der Waals surface area contributed by atoms with Crippen LogP contribution in [-0.4, -0.2) is 57.0 Å². The molecule has 44 heavy (non-hydrogen) atoms. The third-order valence-electron chi connectivity index (χ3n) is 7.90. The predicted octanol–water partition coefficient (Wildman–Crippen LogP) is 5.83. The maximum atomic E-state index is 14.2. The number of nitrogens with zero attached hydrogens (tertiary/aromatic N) is 2. The Morgan fingerprint density at radius 1 is 0.932 bits per heavy atom. The summed E-state index contributed by atoms with van der Waals surface area (Å²) in [6, 6.07) is 16.6. The fraction of sp³-hybridized carbons (Fsp3) is 0.375. The first-order valence-corrected chi connectivity index (χ1v) is 16.8. The van der Waals surface area contributed by atoms with Crippen LogP contribution in [0.25, 0.3) is 0 Å². The van der Waals surface area contributed by atoms with Crippen molar-refractivity contribution in [2.45, 2.75) is 62.6 Å². The third-order valence-corrected chi connectivity index (χ3v) is 10.3. The molecular weight excluding hydrogens is 625 g/mol. The number of hydrogen-bond acceptors (Lipinski definition) is 6. The number of fused-ring (bicyclic) bond motifs is 1. The van der Waals surface area contributed by atoms with Crippen LogP contribution in [0.15, 0.2) is 71.6 Å². The van der Waals surface area contributed by atoms with Crippen molar-refractivity contribution in [3.63, 3.8) is 0 Å². The number of carbonyl (C=O) groups excluding carboxylic acids is 2. The highest BCUT2D eigenvalue weighted by atomic mass is 35.5. The molecule has 0 radical (unpaired) electrons. The number of carbonyl (C=O) groups is 2. The van der Waals surface area contributed by atoms with Gasteiger partial charge in [0.1, 0.15) is 25.8 Å². The second-order valence-corrected chi connectivity index (χ2v) is 13.6. The van der Waals surface area contributed by atoms with E-state index in [2.05, 4.69) is 5.32 Å². The van der Waals surface area contributed by atoms with Gasteiger partial charge in [0.05, 0.1) is 10.6 Å². The zero-order valence-electron chi connectivity index (χ0n) is 24.4. The smallest absolute Gasteiger partial charge is 0.264 e. The number of rotatable bonds is 10. The summed E-state index contributed by atoms with van der Waals surface area (Å²) in [5.41, 5.74) is 0.786. The molecule has 5 rings (SSSR count). The number of benzene rings is 3. The fourth-order valence-electron chi connectivity index (χ4n) is 5.42. The highest BCUT2D eigenvalue weighted by molar-refractivity contribution is 7.92. The van der Waals surface area contributed by atoms with E-state index >= 15 is 0 Å². The fourth-order valence-corrected chi connectivity index (χ4v) is 7.32. The van der Waals surface area contributed by atoms with Crippen LogP contribution < -0.4 is 19.1 Å². The lowest BCUT2D eigenvalue weighted by Crippen LogP contribution is -2.53. The maximum absolute atomic E-state index is 14.2. The number of amides is 2. The van der Waals surface area contributed by atoms with Gasteiger partial charge in [-0.3, -0.25) is 13.9 Å². The molecule has 0 bridgehead atoms. The van der Waals surface area contributed by atoms with Crippen LogP contribution >= 0.6 is 23.2 Å². The van der Waals surface area contributed by atoms with E-state index < -0.39 is 28.5 Å². The van der Waals surface area contributed by atoms with Crippen LogP contribution in [-0.2, 0) is 26.2 Å². The molecule has 12 heteroatoms. The van der Waals surface area contributed by atoms with Crippen molar-refractivity contribution in [2.75, 3.05) is 24.1 Å². The first-order valence-electron chi connectivity index (χ1n) is 14.6. The average Bonchev–Trinajstić information content (AvgIpc) is 3.03. The Kier molecular flexibility index (Phi) is 10.2. The highest BCUT2D eigenvalue weighted by Crippen LogP contribution is 2.36. The largest absolute Gasteiger partial charge is 0.486 e. The van der Waals surface area contributed by atoms with Crippen molar-refractivity contribution >= 4 is 50.7 Å². The molecule has 234 valence electrons. The number of halogens is 2. The van der Waals surface area contributed by atoms with E-state index in [1.54, 1.807) is 61.5 Å². The number of anilines is 1. The first kappa shape index (κ1) is 31.9. The van der Waals surface area contributed by atoms with Gasteiger partial charge in [-0.1, -0.05) is 66.7 Å². The number of hydrogen-bond donors (Lipinski definition) is 1. The molecule has 1 aliphatic carbocycles. The third kappa shape index (κ3) is 7.42. The second-order valence-electron chi connectivity index (χ2n) is 10.9. The summed E-state index contributed by atoms with van der Waals surface area (Å²) in [5.74, 6) is -0.0428. The van der Waals surface area contributed by atoms with Crippen molar-refractivity contribution < 1.29 is 27.5 Å². The Labute approximate surface area is 268 Å². The Hall–Kier alpha value is -3.47. The Balaban J connectivity index is 1.49. The second kappa shape index (κ2) is 14.1. The SMILES string of the molecule is C[C@H](C(=O)NC1CCCCC1)N(Cc1ccc(Cl)cc1Cl)C(=O)CN(c1ccc2c(c1)OCCO2)S(=O)(=O)c1ccccc1. The van der Waals surface area contributed by atoms with Gasteiger partial charge in [-0.2, -0.15) is 0 Å². The minimum Gasteiger partial charge on any atom is -0.486 e. The molecule has 1 heterocycles. The minimum absolute atomic E-state index is 0.0121. The van der Waals surface area contributed by atoms with Crippen LogP contribution in [0.4, 0.5) is 5.69 Å². The molecule has 3 aromatic rings. The van der Waals surface area contributed by atoms with Crippen LogP contribution in [0.5, 0.6) is 11.5 Å². The molecule has 0 spiro atoms. The summed E-state index contributed by atoms with van der Waals surface area (Å²) in [5, 5.41) is 3.85. The molecular formula is C32H35Cl2N3O6S. The lowest BCUT2D eigenvalue weighted by Gasteiger charge is -2.33. The molecule has 3 aromatic carbocycles. The van der Waals surface area contributed by atoms with Crippen LogP contribution in [0.3, 0.4) is 0 Å². The zero-order valence-corrected chi connectivity index (χ0v) is 26.7. The van der Waals surface area contributed by atoms with Gasteiger partial charge in [-0.15, -0.1) is 0 Å². The molecule has 1 N–H and O–H groups in total. The predicted molar refractivity (Wildman–Crippen MR) is 170 cm³/mol. The number of ether oxygens (including phenoxy) is 2. The molecule has 1 fully saturated rings. The molecule has 2 amide bonds. The van der Waals surface area contributed by atoms with E-state index in [1.165, 1.54) is 17.0 Å². The molecule has 0 saturated heterocycles. The topological polar surface area (TPSA) is 105 Å². The standard InChI is InChI=1S/C32H35Cl2N3O6S/c1-22(32(39)35-25-8-4-2-5-9-25)36(20-23-12-13-24(33)18-28(23)34)31(38)21-37(44(40,41)27-10-6-3-7-11-27)26-14-15-29-30(19-26)43-17-16-42-29/h3,6-7,10-15,18-19,22,25H,2,4-5,8-9,16-17,20-21H2,1H3,(H,35,39)/t22-/m1/s1. The van der Waals surface area contributed by atoms with Gasteiger partial charge in [0.15, 0.2) is 11.5 Å². The highest BCUT2D eigenvalue weighted by Gasteiger charge is 2.34. The molecule has 1 saturated carbocycles. The molecule has 1 atom stereocenters. The monoisotopic (exact) mass is 659 g/mol. The summed E-state index contributed by atoms with van der Waals surface area (Å²) < 4.78 is 40.4.